The highest BCUT2D eigenvalue weighted by Gasteiger charge is 2.02. The second kappa shape index (κ2) is 13.8. The Kier molecular flexibility index (Phi) is 10.4. The molecule has 0 saturated heterocycles. The summed E-state index contributed by atoms with van der Waals surface area (Å²) in [6.45, 7) is 3.33. The van der Waals surface area contributed by atoms with Gasteiger partial charge < -0.3 is 4.90 Å². The minimum Gasteiger partial charge on any atom is -0.375 e. The maximum Gasteiger partial charge on any atom is 0.252 e. The third kappa shape index (κ3) is 8.66. The standard InChI is InChI=1S/C24H31N7S2/c1-4-5-6-7-8-9-18-31(2)22-16-14-21(15-17-22)26-25-19-10-12-20(13-11-19)27-28-23-29-30-24(32-3)33-23/h10-17H,4-9,18H2,1-3H3. The molecule has 0 aliphatic rings. The van der Waals surface area contributed by atoms with E-state index in [4.69, 9.17) is 0 Å². The number of azo groups is 2. The number of hydrogen-bond donors (Lipinski definition) is 0. The van der Waals surface area contributed by atoms with Gasteiger partial charge in [0.15, 0.2) is 4.34 Å². The third-order valence-corrected chi connectivity index (χ3v) is 6.87. The van der Waals surface area contributed by atoms with Gasteiger partial charge in [0.1, 0.15) is 0 Å². The van der Waals surface area contributed by atoms with Crippen molar-refractivity contribution >= 4 is 51.0 Å². The van der Waals surface area contributed by atoms with Gasteiger partial charge in [-0.25, -0.2) is 0 Å². The number of nitrogens with zero attached hydrogens (tertiary/aromatic N) is 7. The third-order valence-electron chi connectivity index (χ3n) is 5.09. The molecule has 0 unspecified atom stereocenters. The number of anilines is 1. The Bertz CT molecular complexity index is 1010. The Balaban J connectivity index is 1.47. The molecule has 0 saturated carbocycles. The van der Waals surface area contributed by atoms with E-state index in [2.05, 4.69) is 61.7 Å². The molecule has 0 amide bonds. The maximum absolute atomic E-state index is 4.35. The molecule has 1 aromatic heterocycles. The molecule has 0 aliphatic carbocycles. The van der Waals surface area contributed by atoms with Crippen molar-refractivity contribution in [1.82, 2.24) is 10.2 Å². The van der Waals surface area contributed by atoms with Crippen LogP contribution in [0.5, 0.6) is 0 Å². The van der Waals surface area contributed by atoms with Gasteiger partial charge in [-0.05, 0) is 61.2 Å². The summed E-state index contributed by atoms with van der Waals surface area (Å²) in [5, 5.41) is 25.5. The van der Waals surface area contributed by atoms with Gasteiger partial charge in [-0.1, -0.05) is 62.1 Å². The lowest BCUT2D eigenvalue weighted by atomic mass is 10.1. The number of thioether (sulfide) groups is 1. The first-order valence-electron chi connectivity index (χ1n) is 11.3. The number of unbranched alkanes of at least 4 members (excludes halogenated alkanes) is 5. The molecule has 0 radical (unpaired) electrons. The van der Waals surface area contributed by atoms with Crippen molar-refractivity contribution in [1.29, 1.82) is 0 Å². The zero-order valence-corrected chi connectivity index (χ0v) is 21.1. The van der Waals surface area contributed by atoms with E-state index in [9.17, 15) is 0 Å². The van der Waals surface area contributed by atoms with Gasteiger partial charge in [-0.3, -0.25) is 0 Å². The van der Waals surface area contributed by atoms with E-state index in [1.54, 1.807) is 11.8 Å². The molecule has 7 nitrogen and oxygen atoms in total. The molecule has 33 heavy (non-hydrogen) atoms. The van der Waals surface area contributed by atoms with Gasteiger partial charge in [0, 0.05) is 19.3 Å². The highest BCUT2D eigenvalue weighted by Crippen LogP contribution is 2.28. The van der Waals surface area contributed by atoms with Crippen LogP contribution in [0.1, 0.15) is 45.4 Å². The van der Waals surface area contributed by atoms with E-state index < -0.39 is 0 Å². The van der Waals surface area contributed by atoms with Gasteiger partial charge in [-0.2, -0.15) is 10.2 Å². The molecular weight excluding hydrogens is 450 g/mol. The van der Waals surface area contributed by atoms with Gasteiger partial charge >= 0.3 is 0 Å². The predicted octanol–water partition coefficient (Wildman–Crippen LogP) is 8.89. The fourth-order valence-corrected chi connectivity index (χ4v) is 4.24. The molecule has 1 heterocycles. The molecule has 2 aromatic carbocycles. The minimum atomic E-state index is 0.546. The van der Waals surface area contributed by atoms with E-state index in [1.165, 1.54) is 55.5 Å². The Labute approximate surface area is 204 Å². The lowest BCUT2D eigenvalue weighted by molar-refractivity contribution is 0.606. The normalized spacial score (nSPS) is 11.6. The van der Waals surface area contributed by atoms with E-state index in [0.717, 1.165) is 27.9 Å². The summed E-state index contributed by atoms with van der Waals surface area (Å²) in [5.74, 6) is 0. The highest BCUT2D eigenvalue weighted by molar-refractivity contribution is 8.00. The number of hydrogen-bond acceptors (Lipinski definition) is 9. The Morgan fingerprint density at radius 3 is 1.88 bits per heavy atom. The predicted molar refractivity (Wildman–Crippen MR) is 140 cm³/mol. The van der Waals surface area contributed by atoms with Crippen molar-refractivity contribution in [2.24, 2.45) is 20.5 Å². The first-order chi connectivity index (χ1) is 16.2. The van der Waals surface area contributed by atoms with Crippen LogP contribution < -0.4 is 4.90 Å². The van der Waals surface area contributed by atoms with Crippen molar-refractivity contribution in [3.05, 3.63) is 48.5 Å². The second-order valence-electron chi connectivity index (χ2n) is 7.68. The van der Waals surface area contributed by atoms with Crippen molar-refractivity contribution in [3.8, 4) is 0 Å². The molecule has 0 N–H and O–H groups in total. The van der Waals surface area contributed by atoms with Gasteiger partial charge in [0.25, 0.3) is 5.13 Å². The van der Waals surface area contributed by atoms with Gasteiger partial charge in [0.05, 0.1) is 17.1 Å². The average molecular weight is 482 g/mol. The monoisotopic (exact) mass is 481 g/mol. The summed E-state index contributed by atoms with van der Waals surface area (Å²) in [4.78, 5) is 2.30. The van der Waals surface area contributed by atoms with Crippen molar-refractivity contribution in [2.75, 3.05) is 24.7 Å². The summed E-state index contributed by atoms with van der Waals surface area (Å²) < 4.78 is 0.872. The summed E-state index contributed by atoms with van der Waals surface area (Å²) in [7, 11) is 2.15. The van der Waals surface area contributed by atoms with Crippen molar-refractivity contribution in [2.45, 2.75) is 49.8 Å². The minimum absolute atomic E-state index is 0.546. The lowest BCUT2D eigenvalue weighted by Gasteiger charge is -2.19. The van der Waals surface area contributed by atoms with Gasteiger partial charge in [-0.15, -0.1) is 20.4 Å². The van der Waals surface area contributed by atoms with Crippen LogP contribution in [-0.4, -0.2) is 30.0 Å². The van der Waals surface area contributed by atoms with Crippen LogP contribution in [0.25, 0.3) is 0 Å². The number of benzene rings is 2. The topological polar surface area (TPSA) is 78.5 Å². The number of rotatable bonds is 13. The summed E-state index contributed by atoms with van der Waals surface area (Å²) in [5.41, 5.74) is 3.53. The molecule has 0 bridgehead atoms. The van der Waals surface area contributed by atoms with E-state index in [0.29, 0.717) is 5.13 Å². The SMILES string of the molecule is CCCCCCCCN(C)c1ccc(N=Nc2ccc(N=Nc3nnc(SC)s3)cc2)cc1. The first-order valence-corrected chi connectivity index (χ1v) is 13.3. The summed E-state index contributed by atoms with van der Waals surface area (Å²) in [6.07, 6.45) is 9.84. The van der Waals surface area contributed by atoms with Crippen LogP contribution in [0, 0.1) is 0 Å². The van der Waals surface area contributed by atoms with Crippen LogP contribution in [0.15, 0.2) is 73.3 Å². The van der Waals surface area contributed by atoms with E-state index in [1.807, 2.05) is 42.7 Å². The molecule has 3 aromatic rings. The maximum atomic E-state index is 4.35. The van der Waals surface area contributed by atoms with Crippen LogP contribution in [0.4, 0.5) is 27.9 Å². The summed E-state index contributed by atoms with van der Waals surface area (Å²) in [6, 6.07) is 15.7. The number of aromatic nitrogens is 2. The quantitative estimate of drug-likeness (QED) is 0.139. The highest BCUT2D eigenvalue weighted by atomic mass is 32.2. The zero-order chi connectivity index (χ0) is 23.3. The smallest absolute Gasteiger partial charge is 0.252 e. The molecule has 174 valence electrons. The van der Waals surface area contributed by atoms with Crippen LogP contribution in [0.3, 0.4) is 0 Å². The van der Waals surface area contributed by atoms with E-state index in [-0.39, 0.29) is 0 Å². The van der Waals surface area contributed by atoms with Gasteiger partial charge in [0.2, 0.25) is 0 Å². The second-order valence-corrected chi connectivity index (χ2v) is 9.69. The molecule has 9 heteroatoms. The lowest BCUT2D eigenvalue weighted by Crippen LogP contribution is -2.18. The Morgan fingerprint density at radius 1 is 0.758 bits per heavy atom. The van der Waals surface area contributed by atoms with Crippen LogP contribution in [-0.2, 0) is 0 Å². The fraction of sp³-hybridized carbons (Fsp3) is 0.417. The zero-order valence-electron chi connectivity index (χ0n) is 19.5. The first kappa shape index (κ1) is 25.0. The largest absolute Gasteiger partial charge is 0.375 e. The fourth-order valence-electron chi connectivity index (χ4n) is 3.16. The molecule has 0 atom stereocenters. The molecular formula is C24H31N7S2. The van der Waals surface area contributed by atoms with E-state index >= 15 is 0 Å². The Morgan fingerprint density at radius 2 is 1.30 bits per heavy atom. The molecule has 0 fully saturated rings. The molecule has 0 aliphatic heterocycles. The average Bonchev–Trinajstić information content (AvgIpc) is 3.32. The van der Waals surface area contributed by atoms with Crippen LogP contribution in [0.2, 0.25) is 0 Å². The summed E-state index contributed by atoms with van der Waals surface area (Å²) >= 11 is 2.96. The molecule has 0 spiro atoms. The molecule has 3 rings (SSSR count). The van der Waals surface area contributed by atoms with Crippen molar-refractivity contribution in [3.63, 3.8) is 0 Å². The van der Waals surface area contributed by atoms with Crippen molar-refractivity contribution < 1.29 is 0 Å². The Hall–Kier alpha value is -2.65. The van der Waals surface area contributed by atoms with Crippen LogP contribution >= 0.6 is 23.1 Å².